The van der Waals surface area contributed by atoms with E-state index in [4.69, 9.17) is 5.73 Å². The van der Waals surface area contributed by atoms with Crippen LogP contribution in [0.4, 0.5) is 5.69 Å². The van der Waals surface area contributed by atoms with Gasteiger partial charge in [-0.25, -0.2) is 0 Å². The van der Waals surface area contributed by atoms with E-state index in [0.717, 1.165) is 31.4 Å². The second kappa shape index (κ2) is 9.83. The zero-order valence-electron chi connectivity index (χ0n) is 12.0. The van der Waals surface area contributed by atoms with Gasteiger partial charge in [0.25, 0.3) is 0 Å². The highest BCUT2D eigenvalue weighted by atomic mass is 16.5. The number of para-hydroxylation sites is 1. The van der Waals surface area contributed by atoms with Crippen molar-refractivity contribution in [2.75, 3.05) is 19.0 Å². The molecular formula is C15H23N3O2. The molecule has 0 atom stereocenters. The van der Waals surface area contributed by atoms with Gasteiger partial charge in [0, 0.05) is 18.7 Å². The highest BCUT2D eigenvalue weighted by Crippen LogP contribution is 2.05. The second-order valence-electron chi connectivity index (χ2n) is 4.50. The summed E-state index contributed by atoms with van der Waals surface area (Å²) in [5.41, 5.74) is 6.72. The van der Waals surface area contributed by atoms with Crippen LogP contribution in [0, 0.1) is 0 Å². The van der Waals surface area contributed by atoms with Crippen LogP contribution in [-0.2, 0) is 9.53 Å². The Bertz CT molecular complexity index is 418. The molecule has 110 valence electrons. The summed E-state index contributed by atoms with van der Waals surface area (Å²) in [6.07, 6.45) is 4.39. The molecule has 1 rings (SSSR count). The number of aliphatic imine (C=N–C) groups is 1. The molecule has 5 nitrogen and oxygen atoms in total. The third-order valence-electron chi connectivity index (χ3n) is 2.85. The Hall–Kier alpha value is -2.04. The minimum absolute atomic E-state index is 0.140. The summed E-state index contributed by atoms with van der Waals surface area (Å²) in [5.74, 6) is 0.296. The van der Waals surface area contributed by atoms with Gasteiger partial charge in [0.2, 0.25) is 0 Å². The first-order valence-electron chi connectivity index (χ1n) is 6.91. The lowest BCUT2D eigenvalue weighted by molar-refractivity contribution is -0.140. The van der Waals surface area contributed by atoms with Crippen LogP contribution >= 0.6 is 0 Å². The fourth-order valence-electron chi connectivity index (χ4n) is 1.75. The van der Waals surface area contributed by atoms with Crippen molar-refractivity contribution in [3.8, 4) is 0 Å². The predicted octanol–water partition coefficient (Wildman–Crippen LogP) is 2.54. The number of benzene rings is 1. The first-order valence-corrected chi connectivity index (χ1v) is 6.91. The quantitative estimate of drug-likeness (QED) is 0.331. The Balaban J connectivity index is 2.07. The number of rotatable bonds is 8. The van der Waals surface area contributed by atoms with Gasteiger partial charge in [0.15, 0.2) is 5.96 Å². The van der Waals surface area contributed by atoms with Crippen LogP contribution in [0.1, 0.15) is 32.1 Å². The smallest absolute Gasteiger partial charge is 0.305 e. The maximum absolute atomic E-state index is 10.9. The van der Waals surface area contributed by atoms with Gasteiger partial charge >= 0.3 is 5.97 Å². The standard InChI is InChI=1S/C15H23N3O2/c1-20-14(19)11-7-2-3-8-12-17-15(16)18-13-9-5-4-6-10-13/h4-6,9-10H,2-3,7-8,11-12H2,1H3,(H3,16,17,18). The van der Waals surface area contributed by atoms with Crippen LogP contribution in [0.2, 0.25) is 0 Å². The Labute approximate surface area is 120 Å². The monoisotopic (exact) mass is 277 g/mol. The fourth-order valence-corrected chi connectivity index (χ4v) is 1.75. The van der Waals surface area contributed by atoms with Crippen molar-refractivity contribution in [2.24, 2.45) is 10.7 Å². The average Bonchev–Trinajstić information content (AvgIpc) is 2.47. The molecule has 0 unspecified atom stereocenters. The molecule has 0 aliphatic heterocycles. The molecule has 0 spiro atoms. The average molecular weight is 277 g/mol. The summed E-state index contributed by atoms with van der Waals surface area (Å²) in [7, 11) is 1.42. The molecule has 0 aliphatic rings. The molecule has 5 heteroatoms. The predicted molar refractivity (Wildman–Crippen MR) is 81.7 cm³/mol. The number of nitrogens with zero attached hydrogens (tertiary/aromatic N) is 1. The van der Waals surface area contributed by atoms with E-state index in [1.165, 1.54) is 7.11 Å². The molecular weight excluding hydrogens is 254 g/mol. The Kier molecular flexibility index (Phi) is 7.87. The maximum Gasteiger partial charge on any atom is 0.305 e. The Morgan fingerprint density at radius 2 is 1.90 bits per heavy atom. The summed E-state index contributed by atoms with van der Waals surface area (Å²) < 4.78 is 4.58. The van der Waals surface area contributed by atoms with Gasteiger partial charge in [-0.05, 0) is 25.0 Å². The summed E-state index contributed by atoms with van der Waals surface area (Å²) >= 11 is 0. The zero-order chi connectivity index (χ0) is 14.6. The van der Waals surface area contributed by atoms with Crippen molar-refractivity contribution >= 4 is 17.6 Å². The van der Waals surface area contributed by atoms with Crippen LogP contribution in [0.25, 0.3) is 0 Å². The first kappa shape index (κ1) is 16.0. The zero-order valence-corrected chi connectivity index (χ0v) is 12.0. The van der Waals surface area contributed by atoms with Crippen molar-refractivity contribution < 1.29 is 9.53 Å². The summed E-state index contributed by atoms with van der Waals surface area (Å²) in [6.45, 7) is 0.698. The molecule has 0 radical (unpaired) electrons. The minimum Gasteiger partial charge on any atom is -0.469 e. The number of carbonyl (C=O) groups is 1. The van der Waals surface area contributed by atoms with Crippen molar-refractivity contribution in [3.63, 3.8) is 0 Å². The van der Waals surface area contributed by atoms with Crippen molar-refractivity contribution in [2.45, 2.75) is 32.1 Å². The molecule has 0 saturated carbocycles. The third-order valence-corrected chi connectivity index (χ3v) is 2.85. The number of hydrogen-bond acceptors (Lipinski definition) is 3. The number of hydrogen-bond donors (Lipinski definition) is 2. The van der Waals surface area contributed by atoms with Gasteiger partial charge in [0.05, 0.1) is 7.11 Å². The largest absolute Gasteiger partial charge is 0.469 e. The Morgan fingerprint density at radius 3 is 2.60 bits per heavy atom. The number of carbonyl (C=O) groups excluding carboxylic acids is 1. The van der Waals surface area contributed by atoms with Crippen LogP contribution < -0.4 is 11.1 Å². The number of ether oxygens (including phenoxy) is 1. The van der Waals surface area contributed by atoms with Crippen molar-refractivity contribution in [1.29, 1.82) is 0 Å². The lowest BCUT2D eigenvalue weighted by Gasteiger charge is -2.05. The lowest BCUT2D eigenvalue weighted by Crippen LogP contribution is -2.22. The highest BCUT2D eigenvalue weighted by Gasteiger charge is 1.99. The minimum atomic E-state index is -0.140. The van der Waals surface area contributed by atoms with E-state index in [1.807, 2.05) is 30.3 Å². The molecule has 0 bridgehead atoms. The molecule has 1 aromatic rings. The summed E-state index contributed by atoms with van der Waals surface area (Å²) in [4.78, 5) is 15.2. The van der Waals surface area contributed by atoms with E-state index in [2.05, 4.69) is 15.0 Å². The van der Waals surface area contributed by atoms with Crippen LogP contribution in [0.15, 0.2) is 35.3 Å². The van der Waals surface area contributed by atoms with Gasteiger partial charge in [-0.2, -0.15) is 0 Å². The molecule has 0 amide bonds. The molecule has 0 aliphatic carbocycles. The van der Waals surface area contributed by atoms with E-state index in [1.54, 1.807) is 0 Å². The van der Waals surface area contributed by atoms with Gasteiger partial charge < -0.3 is 15.8 Å². The molecule has 0 saturated heterocycles. The fraction of sp³-hybridized carbons (Fsp3) is 0.467. The summed E-state index contributed by atoms with van der Waals surface area (Å²) in [5, 5.41) is 3.03. The van der Waals surface area contributed by atoms with E-state index in [0.29, 0.717) is 18.9 Å². The lowest BCUT2D eigenvalue weighted by atomic mass is 10.1. The molecule has 20 heavy (non-hydrogen) atoms. The van der Waals surface area contributed by atoms with Crippen LogP contribution in [0.3, 0.4) is 0 Å². The van der Waals surface area contributed by atoms with Crippen LogP contribution in [0.5, 0.6) is 0 Å². The third kappa shape index (κ3) is 7.41. The van der Waals surface area contributed by atoms with Gasteiger partial charge in [-0.15, -0.1) is 0 Å². The van der Waals surface area contributed by atoms with E-state index < -0.39 is 0 Å². The van der Waals surface area contributed by atoms with E-state index in [9.17, 15) is 4.79 Å². The SMILES string of the molecule is COC(=O)CCCCCCN=C(N)Nc1ccccc1. The molecule has 0 fully saturated rings. The molecule has 3 N–H and O–H groups in total. The van der Waals surface area contributed by atoms with Crippen molar-refractivity contribution in [1.82, 2.24) is 0 Å². The molecule has 0 heterocycles. The number of unbranched alkanes of at least 4 members (excludes halogenated alkanes) is 3. The van der Waals surface area contributed by atoms with Gasteiger partial charge in [-0.1, -0.05) is 31.0 Å². The van der Waals surface area contributed by atoms with E-state index >= 15 is 0 Å². The van der Waals surface area contributed by atoms with Crippen LogP contribution in [-0.4, -0.2) is 25.6 Å². The Morgan fingerprint density at radius 1 is 1.20 bits per heavy atom. The summed E-state index contributed by atoms with van der Waals surface area (Å²) in [6, 6.07) is 9.71. The highest BCUT2D eigenvalue weighted by molar-refractivity contribution is 5.92. The normalized spacial score (nSPS) is 11.2. The number of nitrogens with one attached hydrogen (secondary N) is 1. The number of nitrogens with two attached hydrogens (primary N) is 1. The maximum atomic E-state index is 10.9. The second-order valence-corrected chi connectivity index (χ2v) is 4.50. The number of guanidine groups is 1. The number of esters is 1. The molecule has 1 aromatic carbocycles. The number of anilines is 1. The topological polar surface area (TPSA) is 76.7 Å². The van der Waals surface area contributed by atoms with Gasteiger partial charge in [-0.3, -0.25) is 9.79 Å². The van der Waals surface area contributed by atoms with Crippen molar-refractivity contribution in [3.05, 3.63) is 30.3 Å². The molecule has 0 aromatic heterocycles. The first-order chi connectivity index (χ1) is 9.72. The van der Waals surface area contributed by atoms with Gasteiger partial charge in [0.1, 0.15) is 0 Å². The number of methoxy groups -OCH3 is 1. The van der Waals surface area contributed by atoms with E-state index in [-0.39, 0.29) is 5.97 Å².